The first kappa shape index (κ1) is 10.0. The van der Waals surface area contributed by atoms with Gasteiger partial charge in [-0.2, -0.15) is 0 Å². The minimum atomic E-state index is 0. The summed E-state index contributed by atoms with van der Waals surface area (Å²) in [6.07, 6.45) is 0. The van der Waals surface area contributed by atoms with E-state index in [0.717, 1.165) is 0 Å². The van der Waals surface area contributed by atoms with Crippen molar-refractivity contribution < 1.29 is 34.7 Å². The molecule has 1 nitrogen and oxygen atoms in total. The van der Waals surface area contributed by atoms with E-state index in [-0.39, 0.29) is 29.6 Å². The van der Waals surface area contributed by atoms with E-state index in [4.69, 9.17) is 5.11 Å². The molecule has 6 heavy (non-hydrogen) atoms. The van der Waals surface area contributed by atoms with Crippen LogP contribution in [0, 0.1) is 5.92 Å². The van der Waals surface area contributed by atoms with Gasteiger partial charge < -0.3 is 5.11 Å². The van der Waals surface area contributed by atoms with E-state index in [2.05, 4.69) is 0 Å². The average molecular weight is 97.1 g/mol. The Kier molecular flexibility index (Phi) is 9.98. The Morgan fingerprint density at radius 1 is 1.50 bits per heavy atom. The summed E-state index contributed by atoms with van der Waals surface area (Å²) in [6, 6.07) is 0. The molecule has 2 heteroatoms. The third kappa shape index (κ3) is 8.88. The quantitative estimate of drug-likeness (QED) is 0.363. The van der Waals surface area contributed by atoms with E-state index in [1.807, 2.05) is 13.8 Å². The minimum Gasteiger partial charge on any atom is -0.396 e. The summed E-state index contributed by atoms with van der Waals surface area (Å²) in [4.78, 5) is 0. The Morgan fingerprint density at radius 2 is 1.67 bits per heavy atom. The van der Waals surface area contributed by atoms with Crippen molar-refractivity contribution in [3.05, 3.63) is 0 Å². The maximum Gasteiger partial charge on any atom is 1.00 e. The molecular formula is C4H10NaO+. The maximum atomic E-state index is 8.14. The topological polar surface area (TPSA) is 20.2 Å². The van der Waals surface area contributed by atoms with Crippen LogP contribution in [-0.2, 0) is 0 Å². The summed E-state index contributed by atoms with van der Waals surface area (Å²) in [5.41, 5.74) is 0. The van der Waals surface area contributed by atoms with Gasteiger partial charge in [-0.3, -0.25) is 0 Å². The molecule has 0 aliphatic carbocycles. The number of rotatable bonds is 1. The molecule has 0 aliphatic rings. The predicted octanol–water partition coefficient (Wildman–Crippen LogP) is -2.36. The molecule has 0 heterocycles. The number of aliphatic hydroxyl groups excluding tert-OH is 1. The predicted molar refractivity (Wildman–Crippen MR) is 21.9 cm³/mol. The van der Waals surface area contributed by atoms with Crippen LogP contribution >= 0.6 is 0 Å². The van der Waals surface area contributed by atoms with Gasteiger partial charge in [-0.05, 0) is 5.92 Å². The third-order valence-corrected chi connectivity index (χ3v) is 0.365. The van der Waals surface area contributed by atoms with E-state index in [9.17, 15) is 0 Å². The molecule has 0 aliphatic heterocycles. The van der Waals surface area contributed by atoms with Crippen LogP contribution in [0.25, 0.3) is 0 Å². The Hall–Kier alpha value is 0.960. The largest absolute Gasteiger partial charge is 1.00 e. The molecule has 0 atom stereocenters. The van der Waals surface area contributed by atoms with Crippen molar-refractivity contribution in [2.75, 3.05) is 6.61 Å². The number of hydrogen-bond donors (Lipinski definition) is 1. The molecular weight excluding hydrogens is 87.0 g/mol. The summed E-state index contributed by atoms with van der Waals surface area (Å²) in [5.74, 6) is 0.440. The van der Waals surface area contributed by atoms with Crippen molar-refractivity contribution in [1.82, 2.24) is 0 Å². The Bertz CT molecular complexity index is 21.5. The van der Waals surface area contributed by atoms with Crippen LogP contribution in [-0.4, -0.2) is 11.7 Å². The molecule has 1 N–H and O–H groups in total. The van der Waals surface area contributed by atoms with E-state index in [0.29, 0.717) is 12.5 Å². The number of aliphatic hydroxyl groups is 1. The van der Waals surface area contributed by atoms with E-state index < -0.39 is 0 Å². The van der Waals surface area contributed by atoms with Crippen LogP contribution in [0.3, 0.4) is 0 Å². The zero-order chi connectivity index (χ0) is 4.28. The monoisotopic (exact) mass is 97.1 g/mol. The normalized spacial score (nSPS) is 8.00. The Balaban J connectivity index is 0. The molecule has 0 aromatic rings. The van der Waals surface area contributed by atoms with E-state index in [1.165, 1.54) is 0 Å². The second-order valence-electron chi connectivity index (χ2n) is 1.58. The van der Waals surface area contributed by atoms with E-state index in [1.54, 1.807) is 0 Å². The molecule has 0 amide bonds. The van der Waals surface area contributed by atoms with Gasteiger partial charge in [-0.1, -0.05) is 13.8 Å². The second-order valence-corrected chi connectivity index (χ2v) is 1.58. The summed E-state index contributed by atoms with van der Waals surface area (Å²) in [5, 5.41) is 8.14. The van der Waals surface area contributed by atoms with Gasteiger partial charge in [0.1, 0.15) is 0 Å². The van der Waals surface area contributed by atoms with Gasteiger partial charge in [0.05, 0.1) is 0 Å². The van der Waals surface area contributed by atoms with Crippen molar-refractivity contribution in [1.29, 1.82) is 0 Å². The van der Waals surface area contributed by atoms with Crippen molar-refractivity contribution in [2.45, 2.75) is 13.8 Å². The fourth-order valence-corrected chi connectivity index (χ4v) is 0. The molecule has 0 saturated heterocycles. The summed E-state index contributed by atoms with van der Waals surface area (Å²) < 4.78 is 0. The van der Waals surface area contributed by atoms with Gasteiger partial charge in [-0.25, -0.2) is 0 Å². The van der Waals surface area contributed by atoms with Gasteiger partial charge in [-0.15, -0.1) is 0 Å². The molecule has 0 unspecified atom stereocenters. The van der Waals surface area contributed by atoms with Gasteiger partial charge in [0, 0.05) is 6.61 Å². The minimum absolute atomic E-state index is 0. The third-order valence-electron chi connectivity index (χ3n) is 0.365. The summed E-state index contributed by atoms with van der Waals surface area (Å²) >= 11 is 0. The Morgan fingerprint density at radius 3 is 1.67 bits per heavy atom. The van der Waals surface area contributed by atoms with Crippen LogP contribution in [0.2, 0.25) is 0 Å². The first-order valence-electron chi connectivity index (χ1n) is 1.88. The van der Waals surface area contributed by atoms with Crippen LogP contribution in [0.1, 0.15) is 13.8 Å². The van der Waals surface area contributed by atoms with Crippen molar-refractivity contribution in [3.8, 4) is 0 Å². The maximum absolute atomic E-state index is 8.14. The molecule has 0 fully saturated rings. The Labute approximate surface area is 61.0 Å². The zero-order valence-corrected chi connectivity index (χ0v) is 6.73. The van der Waals surface area contributed by atoms with Crippen LogP contribution in [0.4, 0.5) is 0 Å². The molecule has 0 radical (unpaired) electrons. The summed E-state index contributed by atoms with van der Waals surface area (Å²) in [6.45, 7) is 4.25. The molecule has 0 saturated carbocycles. The van der Waals surface area contributed by atoms with Gasteiger partial charge in [0.2, 0.25) is 0 Å². The fraction of sp³-hybridized carbons (Fsp3) is 1.00. The fourth-order valence-electron chi connectivity index (χ4n) is 0. The first-order chi connectivity index (χ1) is 2.27. The molecule has 0 aromatic carbocycles. The van der Waals surface area contributed by atoms with Gasteiger partial charge >= 0.3 is 29.6 Å². The molecule has 32 valence electrons. The first-order valence-corrected chi connectivity index (χ1v) is 1.88. The molecule has 0 rings (SSSR count). The SMILES string of the molecule is CC(C)CO.[Na+]. The zero-order valence-electron chi connectivity index (χ0n) is 4.73. The smallest absolute Gasteiger partial charge is 0.396 e. The van der Waals surface area contributed by atoms with Gasteiger partial charge in [0.15, 0.2) is 0 Å². The van der Waals surface area contributed by atoms with Crippen molar-refractivity contribution >= 4 is 0 Å². The standard InChI is InChI=1S/C4H10O.Na/c1-4(2)3-5;/h4-5H,3H2,1-2H3;/q;+1. The van der Waals surface area contributed by atoms with Gasteiger partial charge in [0.25, 0.3) is 0 Å². The average Bonchev–Trinajstić information content (AvgIpc) is 1.38. The molecule has 0 bridgehead atoms. The van der Waals surface area contributed by atoms with Crippen molar-refractivity contribution in [3.63, 3.8) is 0 Å². The molecule has 0 spiro atoms. The second kappa shape index (κ2) is 5.96. The van der Waals surface area contributed by atoms with Crippen LogP contribution in [0.15, 0.2) is 0 Å². The van der Waals surface area contributed by atoms with Crippen LogP contribution in [0.5, 0.6) is 0 Å². The van der Waals surface area contributed by atoms with Crippen molar-refractivity contribution in [2.24, 2.45) is 5.92 Å². The molecule has 0 aromatic heterocycles. The van der Waals surface area contributed by atoms with Crippen LogP contribution < -0.4 is 29.6 Å². The summed E-state index contributed by atoms with van der Waals surface area (Å²) in [7, 11) is 0. The van der Waals surface area contributed by atoms with E-state index >= 15 is 0 Å². The number of hydrogen-bond acceptors (Lipinski definition) is 1.